The number of nitrogens with zero attached hydrogens (tertiary/aromatic N) is 3. The number of fused-ring (bicyclic) bond motifs is 1. The van der Waals surface area contributed by atoms with Crippen LogP contribution in [0.3, 0.4) is 0 Å². The van der Waals surface area contributed by atoms with E-state index in [-0.39, 0.29) is 18.3 Å². The van der Waals surface area contributed by atoms with Crippen molar-refractivity contribution in [2.24, 2.45) is 0 Å². The number of benzene rings is 2. The third kappa shape index (κ3) is 3.52. The van der Waals surface area contributed by atoms with Gasteiger partial charge in [-0.05, 0) is 48.5 Å². The summed E-state index contributed by atoms with van der Waals surface area (Å²) in [6, 6.07) is 11.5. The Labute approximate surface area is 158 Å². The molecule has 7 nitrogen and oxygen atoms in total. The number of carbonyl (C=O) groups excluding carboxylic acids is 2. The Hall–Kier alpha value is -3.26. The Morgan fingerprint density at radius 3 is 2.59 bits per heavy atom. The van der Waals surface area contributed by atoms with Crippen molar-refractivity contribution >= 4 is 35.1 Å². The van der Waals surface area contributed by atoms with Gasteiger partial charge in [0.1, 0.15) is 11.9 Å². The smallest absolute Gasteiger partial charge is 0.252 e. The molecular weight excluding hydrogens is 373 g/mol. The number of hydrogen-bond donors (Lipinski definition) is 2. The second kappa shape index (κ2) is 6.81. The number of nitrogens with one attached hydrogen (secondary N) is 2. The first kappa shape index (κ1) is 17.2. The number of rotatable bonds is 4. The lowest BCUT2D eigenvalue weighted by Gasteiger charge is -2.10. The summed E-state index contributed by atoms with van der Waals surface area (Å²) >= 11 is 5.88. The van der Waals surface area contributed by atoms with E-state index in [0.29, 0.717) is 16.5 Å². The number of anilines is 2. The van der Waals surface area contributed by atoms with E-state index in [2.05, 4.69) is 20.7 Å². The molecule has 1 aliphatic rings. The molecule has 3 aromatic rings. The van der Waals surface area contributed by atoms with Crippen LogP contribution in [0.1, 0.15) is 12.5 Å². The molecule has 4 rings (SSSR count). The van der Waals surface area contributed by atoms with Crippen LogP contribution in [0.4, 0.5) is 16.0 Å². The topological polar surface area (TPSA) is 88.9 Å². The van der Waals surface area contributed by atoms with Crippen LogP contribution in [0.5, 0.6) is 0 Å². The molecule has 0 spiro atoms. The summed E-state index contributed by atoms with van der Waals surface area (Å²) in [5.41, 5.74) is 1.19. The van der Waals surface area contributed by atoms with Crippen LogP contribution in [-0.2, 0) is 9.59 Å². The van der Waals surface area contributed by atoms with Crippen molar-refractivity contribution in [2.45, 2.75) is 12.5 Å². The summed E-state index contributed by atoms with van der Waals surface area (Å²) in [7, 11) is 0. The fraction of sp³-hybridized carbons (Fsp3) is 0.111. The summed E-state index contributed by atoms with van der Waals surface area (Å²) in [6.07, 6.45) is -0.125. The third-order valence-electron chi connectivity index (χ3n) is 4.07. The minimum absolute atomic E-state index is 0.125. The molecule has 0 bridgehead atoms. The van der Waals surface area contributed by atoms with Gasteiger partial charge in [0, 0.05) is 16.3 Å². The summed E-state index contributed by atoms with van der Waals surface area (Å²) in [5.74, 6) is -0.444. The first-order valence-corrected chi connectivity index (χ1v) is 8.46. The van der Waals surface area contributed by atoms with Crippen molar-refractivity contribution in [3.05, 3.63) is 59.4 Å². The Bertz CT molecular complexity index is 1020. The number of carbonyl (C=O) groups is 2. The van der Waals surface area contributed by atoms with Gasteiger partial charge < -0.3 is 5.32 Å². The fourth-order valence-electron chi connectivity index (χ4n) is 2.75. The maximum absolute atomic E-state index is 12.9. The summed E-state index contributed by atoms with van der Waals surface area (Å²) in [6.45, 7) is 0. The Morgan fingerprint density at radius 1 is 1.19 bits per heavy atom. The quantitative estimate of drug-likeness (QED) is 0.721. The highest BCUT2D eigenvalue weighted by Crippen LogP contribution is 2.29. The van der Waals surface area contributed by atoms with Gasteiger partial charge in [-0.2, -0.15) is 4.98 Å². The summed E-state index contributed by atoms with van der Waals surface area (Å²) in [5, 5.41) is 10.2. The molecule has 2 aromatic carbocycles. The van der Waals surface area contributed by atoms with Gasteiger partial charge in [0.25, 0.3) is 5.91 Å². The van der Waals surface area contributed by atoms with Gasteiger partial charge in [0.15, 0.2) is 5.82 Å². The number of halogens is 2. The maximum atomic E-state index is 12.9. The molecule has 2 N–H and O–H groups in total. The van der Waals surface area contributed by atoms with Crippen LogP contribution >= 0.6 is 11.6 Å². The summed E-state index contributed by atoms with van der Waals surface area (Å²) < 4.78 is 14.3. The third-order valence-corrected chi connectivity index (χ3v) is 4.33. The normalized spacial score (nSPS) is 15.3. The predicted octanol–water partition coefficient (Wildman–Crippen LogP) is 3.26. The molecule has 136 valence electrons. The van der Waals surface area contributed by atoms with Gasteiger partial charge in [0.05, 0.1) is 6.42 Å². The molecule has 1 atom stereocenters. The van der Waals surface area contributed by atoms with Crippen LogP contribution < -0.4 is 10.6 Å². The van der Waals surface area contributed by atoms with Gasteiger partial charge in [-0.1, -0.05) is 11.6 Å². The second-order valence-electron chi connectivity index (χ2n) is 5.97. The molecule has 27 heavy (non-hydrogen) atoms. The highest BCUT2D eigenvalue weighted by molar-refractivity contribution is 6.30. The molecule has 1 aromatic heterocycles. The second-order valence-corrected chi connectivity index (χ2v) is 6.41. The fourth-order valence-corrected chi connectivity index (χ4v) is 2.88. The van der Waals surface area contributed by atoms with E-state index < -0.39 is 17.8 Å². The lowest BCUT2D eigenvalue weighted by molar-refractivity contribution is -0.123. The van der Waals surface area contributed by atoms with Crippen molar-refractivity contribution in [2.75, 3.05) is 10.6 Å². The van der Waals surface area contributed by atoms with E-state index in [1.165, 1.54) is 28.9 Å². The van der Waals surface area contributed by atoms with Crippen LogP contribution in [0.25, 0.3) is 11.4 Å². The Morgan fingerprint density at radius 2 is 1.89 bits per heavy atom. The van der Waals surface area contributed by atoms with Crippen LogP contribution in [0.15, 0.2) is 48.5 Å². The lowest BCUT2D eigenvalue weighted by Crippen LogP contribution is -2.23. The molecule has 9 heteroatoms. The average Bonchev–Trinajstić information content (AvgIpc) is 3.17. The van der Waals surface area contributed by atoms with Crippen LogP contribution in [-0.4, -0.2) is 26.6 Å². The van der Waals surface area contributed by atoms with E-state index in [1.807, 2.05) is 0 Å². The standard InChI is InChI=1S/C18H13ClFN5O2/c19-11-3-1-10(2-4-11)16-22-18-23-17(27)14(25(18)24-16)9-15(26)21-13-7-5-12(20)6-8-13/h1-8,14H,9H2,(H,21,26)(H,22,23,24,27). The van der Waals surface area contributed by atoms with Crippen LogP contribution in [0.2, 0.25) is 5.02 Å². The molecule has 0 saturated heterocycles. The van der Waals surface area contributed by atoms with Gasteiger partial charge in [0.2, 0.25) is 11.9 Å². The zero-order chi connectivity index (χ0) is 19.0. The highest BCUT2D eigenvalue weighted by atomic mass is 35.5. The van der Waals surface area contributed by atoms with Crippen molar-refractivity contribution in [3.63, 3.8) is 0 Å². The zero-order valence-corrected chi connectivity index (χ0v) is 14.6. The number of aromatic nitrogens is 3. The zero-order valence-electron chi connectivity index (χ0n) is 13.8. The van der Waals surface area contributed by atoms with Crippen molar-refractivity contribution in [3.8, 4) is 11.4 Å². The van der Waals surface area contributed by atoms with E-state index in [9.17, 15) is 14.0 Å². The predicted molar refractivity (Wildman–Crippen MR) is 97.8 cm³/mol. The Kier molecular flexibility index (Phi) is 4.33. The average molecular weight is 386 g/mol. The highest BCUT2D eigenvalue weighted by Gasteiger charge is 2.35. The maximum Gasteiger partial charge on any atom is 0.252 e. The lowest BCUT2D eigenvalue weighted by atomic mass is 10.2. The molecule has 0 radical (unpaired) electrons. The molecular formula is C18H13ClFN5O2. The van der Waals surface area contributed by atoms with E-state index in [4.69, 9.17) is 11.6 Å². The van der Waals surface area contributed by atoms with Gasteiger partial charge in [-0.15, -0.1) is 5.10 Å². The van der Waals surface area contributed by atoms with Crippen molar-refractivity contribution < 1.29 is 14.0 Å². The molecule has 1 unspecified atom stereocenters. The van der Waals surface area contributed by atoms with Crippen LogP contribution in [0, 0.1) is 5.82 Å². The molecule has 1 aliphatic heterocycles. The van der Waals surface area contributed by atoms with Gasteiger partial charge in [-0.25, -0.2) is 9.07 Å². The Balaban J connectivity index is 1.51. The molecule has 0 fully saturated rings. The monoisotopic (exact) mass is 385 g/mol. The minimum Gasteiger partial charge on any atom is -0.326 e. The van der Waals surface area contributed by atoms with Gasteiger partial charge >= 0.3 is 0 Å². The molecule has 2 amide bonds. The first-order chi connectivity index (χ1) is 13.0. The van der Waals surface area contributed by atoms with E-state index in [1.54, 1.807) is 24.3 Å². The number of amides is 2. The largest absolute Gasteiger partial charge is 0.326 e. The number of hydrogen-bond acceptors (Lipinski definition) is 4. The molecule has 2 heterocycles. The summed E-state index contributed by atoms with van der Waals surface area (Å²) in [4.78, 5) is 28.7. The SMILES string of the molecule is O=C(CC1C(=O)Nc2nc(-c3ccc(Cl)cc3)nn21)Nc1ccc(F)cc1. The minimum atomic E-state index is -0.811. The molecule has 0 aliphatic carbocycles. The van der Waals surface area contributed by atoms with Crippen molar-refractivity contribution in [1.82, 2.24) is 14.8 Å². The first-order valence-electron chi connectivity index (χ1n) is 8.08. The van der Waals surface area contributed by atoms with E-state index >= 15 is 0 Å². The van der Waals surface area contributed by atoms with Crippen molar-refractivity contribution in [1.29, 1.82) is 0 Å². The molecule has 0 saturated carbocycles. The van der Waals surface area contributed by atoms with Gasteiger partial charge in [-0.3, -0.25) is 14.9 Å². The van der Waals surface area contributed by atoms with E-state index in [0.717, 1.165) is 5.56 Å².